The van der Waals surface area contributed by atoms with Gasteiger partial charge in [-0.25, -0.2) is 0 Å². The Balaban J connectivity index is 2.60. The van der Waals surface area contributed by atoms with Crippen molar-refractivity contribution in [2.75, 3.05) is 25.6 Å². The molecule has 0 fully saturated rings. The van der Waals surface area contributed by atoms with Crippen molar-refractivity contribution in [2.24, 2.45) is 0 Å². The van der Waals surface area contributed by atoms with E-state index in [0.717, 1.165) is 26.0 Å². The summed E-state index contributed by atoms with van der Waals surface area (Å²) in [4.78, 5) is 0. The molecule has 0 saturated heterocycles. The average Bonchev–Trinajstić information content (AvgIpc) is 2.24. The molecule has 0 spiro atoms. The molecule has 0 aromatic heterocycles. The third-order valence-corrected chi connectivity index (χ3v) is 2.16. The third kappa shape index (κ3) is 3.38. The number of methoxy groups -OCH3 is 1. The van der Waals surface area contributed by atoms with Gasteiger partial charge in [-0.1, -0.05) is 25.1 Å². The summed E-state index contributed by atoms with van der Waals surface area (Å²) in [5.41, 5.74) is 2.58. The van der Waals surface area contributed by atoms with Gasteiger partial charge in [0.25, 0.3) is 0 Å². The van der Waals surface area contributed by atoms with Gasteiger partial charge in [0.2, 0.25) is 0 Å². The van der Waals surface area contributed by atoms with Crippen LogP contribution < -0.4 is 5.32 Å². The Morgan fingerprint density at radius 3 is 2.79 bits per heavy atom. The van der Waals surface area contributed by atoms with E-state index in [1.165, 1.54) is 11.3 Å². The predicted octanol–water partition coefficient (Wildman–Crippen LogP) is 2.70. The van der Waals surface area contributed by atoms with Gasteiger partial charge in [-0.3, -0.25) is 0 Å². The predicted molar refractivity (Wildman–Crippen MR) is 60.8 cm³/mol. The van der Waals surface area contributed by atoms with Gasteiger partial charge in [0.15, 0.2) is 0 Å². The van der Waals surface area contributed by atoms with Crippen molar-refractivity contribution in [3.05, 3.63) is 29.8 Å². The largest absolute Gasteiger partial charge is 0.385 e. The van der Waals surface area contributed by atoms with E-state index < -0.39 is 0 Å². The second kappa shape index (κ2) is 6.44. The summed E-state index contributed by atoms with van der Waals surface area (Å²) in [5, 5.41) is 3.42. The van der Waals surface area contributed by atoms with Gasteiger partial charge in [-0.15, -0.1) is 0 Å². The lowest BCUT2D eigenvalue weighted by Crippen LogP contribution is -2.04. The van der Waals surface area contributed by atoms with E-state index in [2.05, 4.69) is 36.5 Å². The summed E-state index contributed by atoms with van der Waals surface area (Å²) < 4.78 is 5.08. The highest BCUT2D eigenvalue weighted by Gasteiger charge is 1.99. The number of hydrogen-bond donors (Lipinski definition) is 1. The molecule has 0 aliphatic carbocycles. The summed E-state index contributed by atoms with van der Waals surface area (Å²) >= 11 is 0. The second-order valence-corrected chi connectivity index (χ2v) is 3.33. The van der Waals surface area contributed by atoms with E-state index in [9.17, 15) is 0 Å². The number of ether oxygens (including phenoxy) is 1. The molecule has 0 radical (unpaired) electrons. The first-order chi connectivity index (χ1) is 6.88. The van der Waals surface area contributed by atoms with Gasteiger partial charge in [-0.2, -0.15) is 0 Å². The maximum atomic E-state index is 5.08. The Kier molecular flexibility index (Phi) is 5.08. The number of nitrogens with one attached hydrogen (secondary N) is 1. The second-order valence-electron chi connectivity index (χ2n) is 3.33. The smallest absolute Gasteiger partial charge is 0.0503 e. The maximum absolute atomic E-state index is 5.08. The topological polar surface area (TPSA) is 21.3 Å². The molecule has 0 atom stereocenters. The Morgan fingerprint density at radius 1 is 1.29 bits per heavy atom. The SMILES string of the molecule is CCCNc1ccccc1CCOC. The highest BCUT2D eigenvalue weighted by Crippen LogP contribution is 2.15. The number of para-hydroxylation sites is 1. The zero-order valence-electron chi connectivity index (χ0n) is 9.05. The maximum Gasteiger partial charge on any atom is 0.0503 e. The molecule has 1 aromatic rings. The average molecular weight is 193 g/mol. The monoisotopic (exact) mass is 193 g/mol. The highest BCUT2D eigenvalue weighted by atomic mass is 16.5. The van der Waals surface area contributed by atoms with Crippen molar-refractivity contribution < 1.29 is 4.74 Å². The minimum atomic E-state index is 0.783. The van der Waals surface area contributed by atoms with Crippen molar-refractivity contribution in [3.8, 4) is 0 Å². The molecule has 2 heteroatoms. The van der Waals surface area contributed by atoms with Crippen LogP contribution in [0.1, 0.15) is 18.9 Å². The van der Waals surface area contributed by atoms with Crippen LogP contribution in [0.3, 0.4) is 0 Å². The zero-order valence-corrected chi connectivity index (χ0v) is 9.05. The third-order valence-electron chi connectivity index (χ3n) is 2.16. The normalized spacial score (nSPS) is 10.1. The fourth-order valence-electron chi connectivity index (χ4n) is 1.38. The van der Waals surface area contributed by atoms with Crippen LogP contribution >= 0.6 is 0 Å². The van der Waals surface area contributed by atoms with Crippen LogP contribution in [0.25, 0.3) is 0 Å². The Labute approximate surface area is 86.3 Å². The molecule has 0 aliphatic heterocycles. The van der Waals surface area contributed by atoms with Crippen LogP contribution in [0, 0.1) is 0 Å². The van der Waals surface area contributed by atoms with E-state index in [4.69, 9.17) is 4.74 Å². The Bertz CT molecular complexity index is 233. The zero-order chi connectivity index (χ0) is 10.2. The number of rotatable bonds is 6. The molecular formula is C12H19NO. The lowest BCUT2D eigenvalue weighted by Gasteiger charge is -2.10. The van der Waals surface area contributed by atoms with E-state index in [1.807, 2.05) is 0 Å². The first kappa shape index (κ1) is 11.1. The lowest BCUT2D eigenvalue weighted by molar-refractivity contribution is 0.202. The molecule has 2 nitrogen and oxygen atoms in total. The van der Waals surface area contributed by atoms with Gasteiger partial charge in [0.05, 0.1) is 6.61 Å². The van der Waals surface area contributed by atoms with Gasteiger partial charge < -0.3 is 10.1 Å². The van der Waals surface area contributed by atoms with E-state index in [1.54, 1.807) is 7.11 Å². The summed E-state index contributed by atoms with van der Waals surface area (Å²) in [6.45, 7) is 3.99. The van der Waals surface area contributed by atoms with E-state index in [0.29, 0.717) is 0 Å². The Hall–Kier alpha value is -1.02. The van der Waals surface area contributed by atoms with Gasteiger partial charge in [0, 0.05) is 19.3 Å². The quantitative estimate of drug-likeness (QED) is 0.750. The summed E-state index contributed by atoms with van der Waals surface area (Å²) in [6, 6.07) is 8.41. The molecule has 0 heterocycles. The molecule has 0 amide bonds. The van der Waals surface area contributed by atoms with Crippen LogP contribution in [0.5, 0.6) is 0 Å². The lowest BCUT2D eigenvalue weighted by atomic mass is 10.1. The molecule has 1 rings (SSSR count). The van der Waals surface area contributed by atoms with Crippen molar-refractivity contribution >= 4 is 5.69 Å². The van der Waals surface area contributed by atoms with E-state index >= 15 is 0 Å². The first-order valence-electron chi connectivity index (χ1n) is 5.19. The molecule has 78 valence electrons. The summed E-state index contributed by atoms with van der Waals surface area (Å²) in [7, 11) is 1.74. The highest BCUT2D eigenvalue weighted by molar-refractivity contribution is 5.51. The molecule has 0 saturated carbocycles. The van der Waals surface area contributed by atoms with Crippen molar-refractivity contribution in [3.63, 3.8) is 0 Å². The molecule has 1 N–H and O–H groups in total. The van der Waals surface area contributed by atoms with Crippen LogP contribution in [0.4, 0.5) is 5.69 Å². The molecule has 0 unspecified atom stereocenters. The van der Waals surface area contributed by atoms with Gasteiger partial charge in [0.1, 0.15) is 0 Å². The van der Waals surface area contributed by atoms with Crippen molar-refractivity contribution in [2.45, 2.75) is 19.8 Å². The van der Waals surface area contributed by atoms with Crippen molar-refractivity contribution in [1.29, 1.82) is 0 Å². The van der Waals surface area contributed by atoms with Crippen LogP contribution in [0.2, 0.25) is 0 Å². The fraction of sp³-hybridized carbons (Fsp3) is 0.500. The number of hydrogen-bond acceptors (Lipinski definition) is 2. The molecular weight excluding hydrogens is 174 g/mol. The summed E-state index contributed by atoms with van der Waals surface area (Å²) in [6.07, 6.45) is 2.13. The summed E-state index contributed by atoms with van der Waals surface area (Å²) in [5.74, 6) is 0. The minimum absolute atomic E-state index is 0.783. The molecule has 14 heavy (non-hydrogen) atoms. The van der Waals surface area contributed by atoms with Crippen LogP contribution in [-0.4, -0.2) is 20.3 Å². The first-order valence-corrected chi connectivity index (χ1v) is 5.19. The van der Waals surface area contributed by atoms with Crippen LogP contribution in [0.15, 0.2) is 24.3 Å². The number of benzene rings is 1. The van der Waals surface area contributed by atoms with Crippen molar-refractivity contribution in [1.82, 2.24) is 0 Å². The number of anilines is 1. The molecule has 0 bridgehead atoms. The van der Waals surface area contributed by atoms with E-state index in [-0.39, 0.29) is 0 Å². The molecule has 1 aromatic carbocycles. The molecule has 0 aliphatic rings. The van der Waals surface area contributed by atoms with Gasteiger partial charge >= 0.3 is 0 Å². The minimum Gasteiger partial charge on any atom is -0.385 e. The fourth-order valence-corrected chi connectivity index (χ4v) is 1.38. The standard InChI is InChI=1S/C12H19NO/c1-3-9-13-12-7-5-4-6-11(12)8-10-14-2/h4-7,13H,3,8-10H2,1-2H3. The van der Waals surface area contributed by atoms with Crippen LogP contribution in [-0.2, 0) is 11.2 Å². The Morgan fingerprint density at radius 2 is 2.07 bits per heavy atom. The van der Waals surface area contributed by atoms with Gasteiger partial charge in [-0.05, 0) is 24.5 Å².